The first-order chi connectivity index (χ1) is 8.02. The van der Waals surface area contributed by atoms with E-state index in [0.29, 0.717) is 10.6 Å². The smallest absolute Gasteiger partial charge is 0.129 e. The Morgan fingerprint density at radius 2 is 2.06 bits per heavy atom. The first kappa shape index (κ1) is 14.4. The minimum absolute atomic E-state index is 0.237. The van der Waals surface area contributed by atoms with E-state index < -0.39 is 6.04 Å². The normalized spacial score (nSPS) is 12.8. The lowest BCUT2D eigenvalue weighted by Crippen LogP contribution is -2.37. The summed E-state index contributed by atoms with van der Waals surface area (Å²) in [6.45, 7) is 5.40. The number of hydrogen-bond acceptors (Lipinski definition) is 2. The third-order valence-electron chi connectivity index (χ3n) is 2.72. The molecule has 0 aliphatic carbocycles. The lowest BCUT2D eigenvalue weighted by atomic mass is 10.0. The maximum absolute atomic E-state index is 13.9. The zero-order valence-electron chi connectivity index (χ0n) is 9.91. The summed E-state index contributed by atoms with van der Waals surface area (Å²) in [5.41, 5.74) is 6.09. The Balaban J connectivity index is 3.27. The third-order valence-corrected chi connectivity index (χ3v) is 3.27. The second-order valence-electron chi connectivity index (χ2n) is 3.66. The van der Waals surface area contributed by atoms with Crippen LogP contribution in [0.5, 0.6) is 0 Å². The number of nitrogens with zero attached hydrogens (tertiary/aromatic N) is 1. The summed E-state index contributed by atoms with van der Waals surface area (Å²) < 4.78 is 13.9. The van der Waals surface area contributed by atoms with Gasteiger partial charge in [-0.1, -0.05) is 43.7 Å². The molecule has 0 aliphatic rings. The Kier molecular flexibility index (Phi) is 5.31. The van der Waals surface area contributed by atoms with Gasteiger partial charge < -0.3 is 5.73 Å². The molecule has 0 fully saturated rings. The van der Waals surface area contributed by atoms with Gasteiger partial charge in [-0.15, -0.1) is 0 Å². The molecular formula is C12H16ClFN2S. The first-order valence-electron chi connectivity index (χ1n) is 5.50. The van der Waals surface area contributed by atoms with Crippen LogP contribution in [-0.2, 0) is 0 Å². The van der Waals surface area contributed by atoms with E-state index in [1.165, 1.54) is 6.07 Å². The van der Waals surface area contributed by atoms with Gasteiger partial charge in [0.15, 0.2) is 0 Å². The van der Waals surface area contributed by atoms with Crippen molar-refractivity contribution >= 4 is 28.8 Å². The lowest BCUT2D eigenvalue weighted by molar-refractivity contribution is 0.267. The molecule has 0 saturated heterocycles. The van der Waals surface area contributed by atoms with E-state index in [1.807, 2.05) is 18.7 Å². The van der Waals surface area contributed by atoms with Crippen molar-refractivity contribution in [1.82, 2.24) is 4.90 Å². The van der Waals surface area contributed by atoms with Gasteiger partial charge in [0.1, 0.15) is 5.82 Å². The van der Waals surface area contributed by atoms with Crippen LogP contribution in [0.3, 0.4) is 0 Å². The van der Waals surface area contributed by atoms with E-state index >= 15 is 0 Å². The van der Waals surface area contributed by atoms with Crippen LogP contribution in [-0.4, -0.2) is 23.0 Å². The number of thiocarbonyl (C=S) groups is 1. The maximum Gasteiger partial charge on any atom is 0.129 e. The predicted molar refractivity (Wildman–Crippen MR) is 73.9 cm³/mol. The molecule has 1 aromatic carbocycles. The van der Waals surface area contributed by atoms with Gasteiger partial charge in [0.25, 0.3) is 0 Å². The highest BCUT2D eigenvalue weighted by molar-refractivity contribution is 7.80. The fraction of sp³-hybridized carbons (Fsp3) is 0.417. The fourth-order valence-corrected chi connectivity index (χ4v) is 2.40. The molecule has 1 unspecified atom stereocenters. The van der Waals surface area contributed by atoms with Crippen LogP contribution in [0.4, 0.5) is 4.39 Å². The fourth-order valence-electron chi connectivity index (χ4n) is 1.87. The quantitative estimate of drug-likeness (QED) is 0.837. The monoisotopic (exact) mass is 274 g/mol. The van der Waals surface area contributed by atoms with Crippen molar-refractivity contribution in [2.24, 2.45) is 5.73 Å². The lowest BCUT2D eigenvalue weighted by Gasteiger charge is -2.29. The number of nitrogens with two attached hydrogens (primary N) is 1. The van der Waals surface area contributed by atoms with Crippen LogP contribution in [0, 0.1) is 5.82 Å². The number of rotatable bonds is 5. The molecule has 0 bridgehead atoms. The second-order valence-corrected chi connectivity index (χ2v) is 4.54. The Morgan fingerprint density at radius 1 is 1.47 bits per heavy atom. The summed E-state index contributed by atoms with van der Waals surface area (Å²) in [4.78, 5) is 2.22. The molecular weight excluding hydrogens is 259 g/mol. The summed E-state index contributed by atoms with van der Waals surface area (Å²) in [5, 5.41) is 0.356. The molecule has 0 aliphatic heterocycles. The second kappa shape index (κ2) is 6.28. The van der Waals surface area contributed by atoms with E-state index in [4.69, 9.17) is 29.6 Å². The minimum atomic E-state index is -0.450. The van der Waals surface area contributed by atoms with Gasteiger partial charge >= 0.3 is 0 Å². The number of likely N-dealkylation sites (N-methyl/N-ethyl adjacent to an activating group) is 1. The van der Waals surface area contributed by atoms with Gasteiger partial charge in [-0.05, 0) is 25.2 Å². The van der Waals surface area contributed by atoms with Crippen molar-refractivity contribution in [2.45, 2.75) is 19.9 Å². The average Bonchev–Trinajstić information content (AvgIpc) is 2.27. The highest BCUT2D eigenvalue weighted by atomic mass is 35.5. The van der Waals surface area contributed by atoms with Crippen molar-refractivity contribution in [3.63, 3.8) is 0 Å². The van der Waals surface area contributed by atoms with Crippen LogP contribution < -0.4 is 5.73 Å². The van der Waals surface area contributed by atoms with Crippen molar-refractivity contribution in [1.29, 1.82) is 0 Å². The SMILES string of the molecule is CCN(CC)C(C(N)=S)c1c(F)cccc1Cl. The van der Waals surface area contributed by atoms with Gasteiger partial charge in [0, 0.05) is 10.6 Å². The van der Waals surface area contributed by atoms with Crippen LogP contribution >= 0.6 is 23.8 Å². The molecule has 0 aromatic heterocycles. The zero-order valence-corrected chi connectivity index (χ0v) is 11.5. The largest absolute Gasteiger partial charge is 0.392 e. The minimum Gasteiger partial charge on any atom is -0.392 e. The van der Waals surface area contributed by atoms with Crippen molar-refractivity contribution < 1.29 is 4.39 Å². The van der Waals surface area contributed by atoms with Gasteiger partial charge in [-0.25, -0.2) is 4.39 Å². The van der Waals surface area contributed by atoms with Crippen LogP contribution in [0.1, 0.15) is 25.5 Å². The molecule has 1 atom stereocenters. The van der Waals surface area contributed by atoms with Gasteiger partial charge in [-0.3, -0.25) is 4.90 Å². The van der Waals surface area contributed by atoms with Gasteiger partial charge in [0.05, 0.1) is 11.0 Å². The summed E-state index contributed by atoms with van der Waals surface area (Å²) in [7, 11) is 0. The van der Waals surface area contributed by atoms with E-state index in [-0.39, 0.29) is 10.8 Å². The predicted octanol–water partition coefficient (Wildman–Crippen LogP) is 3.15. The van der Waals surface area contributed by atoms with Crippen molar-refractivity contribution in [2.75, 3.05) is 13.1 Å². The van der Waals surface area contributed by atoms with E-state index in [0.717, 1.165) is 13.1 Å². The molecule has 0 heterocycles. The Morgan fingerprint density at radius 3 is 2.47 bits per heavy atom. The van der Waals surface area contributed by atoms with Crippen molar-refractivity contribution in [3.8, 4) is 0 Å². The maximum atomic E-state index is 13.9. The molecule has 0 spiro atoms. The molecule has 17 heavy (non-hydrogen) atoms. The molecule has 0 amide bonds. The van der Waals surface area contributed by atoms with E-state index in [2.05, 4.69) is 0 Å². The Hall–Kier alpha value is -0.710. The van der Waals surface area contributed by atoms with Crippen LogP contribution in [0.2, 0.25) is 5.02 Å². The zero-order chi connectivity index (χ0) is 13.0. The highest BCUT2D eigenvalue weighted by Crippen LogP contribution is 2.30. The highest BCUT2D eigenvalue weighted by Gasteiger charge is 2.25. The number of hydrogen-bond donors (Lipinski definition) is 1. The molecule has 2 N–H and O–H groups in total. The van der Waals surface area contributed by atoms with Crippen LogP contribution in [0.25, 0.3) is 0 Å². The van der Waals surface area contributed by atoms with E-state index in [9.17, 15) is 4.39 Å². The number of halogens is 2. The molecule has 1 rings (SSSR count). The molecule has 94 valence electrons. The molecule has 2 nitrogen and oxygen atoms in total. The summed E-state index contributed by atoms with van der Waals surface area (Å²) >= 11 is 11.1. The standard InChI is InChI=1S/C12H16ClFN2S/c1-3-16(4-2)11(12(15)17)10-8(13)6-5-7-9(10)14/h5-7,11H,3-4H2,1-2H3,(H2,15,17). The van der Waals surface area contributed by atoms with Gasteiger partial charge in [-0.2, -0.15) is 0 Å². The van der Waals surface area contributed by atoms with E-state index in [1.54, 1.807) is 12.1 Å². The van der Waals surface area contributed by atoms with Crippen LogP contribution in [0.15, 0.2) is 18.2 Å². The summed E-state index contributed by atoms with van der Waals surface area (Å²) in [6, 6.07) is 4.14. The molecule has 5 heteroatoms. The Labute approximate surface area is 112 Å². The Bertz CT molecular complexity index is 387. The summed E-state index contributed by atoms with van der Waals surface area (Å²) in [5.74, 6) is -0.373. The third kappa shape index (κ3) is 3.15. The average molecular weight is 275 g/mol. The topological polar surface area (TPSA) is 29.3 Å². The first-order valence-corrected chi connectivity index (χ1v) is 6.28. The number of benzene rings is 1. The molecule has 0 radical (unpaired) electrons. The molecule has 0 saturated carbocycles. The molecule has 1 aromatic rings. The van der Waals surface area contributed by atoms with Crippen molar-refractivity contribution in [3.05, 3.63) is 34.6 Å². The van der Waals surface area contributed by atoms with Gasteiger partial charge in [0.2, 0.25) is 0 Å². The summed E-state index contributed by atoms with van der Waals surface area (Å²) in [6.07, 6.45) is 0.